The van der Waals surface area contributed by atoms with Crippen LogP contribution in [0.4, 0.5) is 22.7 Å². The Kier molecular flexibility index (Phi) is 5.58. The van der Waals surface area contributed by atoms with Gasteiger partial charge in [-0.2, -0.15) is 0 Å². The lowest BCUT2D eigenvalue weighted by Gasteiger charge is -2.15. The molecule has 3 aromatic carbocycles. The van der Waals surface area contributed by atoms with Gasteiger partial charge in [0, 0.05) is 34.8 Å². The molecule has 0 unspecified atom stereocenters. The minimum Gasteiger partial charge on any atom is -0.497 e. The van der Waals surface area contributed by atoms with Crippen molar-refractivity contribution in [1.82, 2.24) is 4.98 Å². The van der Waals surface area contributed by atoms with E-state index >= 15 is 0 Å². The number of rotatable bonds is 6. The van der Waals surface area contributed by atoms with Gasteiger partial charge in [0.25, 0.3) is 0 Å². The first-order valence-electron chi connectivity index (χ1n) is 9.76. The van der Waals surface area contributed by atoms with E-state index in [1.807, 2.05) is 36.4 Å². The molecule has 1 amide bonds. The third-order valence-corrected chi connectivity index (χ3v) is 5.37. The lowest BCUT2D eigenvalue weighted by molar-refractivity contribution is -0.114. The van der Waals surface area contributed by atoms with Crippen LogP contribution in [0.1, 0.15) is 6.92 Å². The summed E-state index contributed by atoms with van der Waals surface area (Å²) in [6.45, 7) is 1.46. The molecule has 0 fully saturated rings. The second-order valence-corrected chi connectivity index (χ2v) is 9.11. The van der Waals surface area contributed by atoms with Gasteiger partial charge in [-0.15, -0.1) is 0 Å². The minimum absolute atomic E-state index is 0.156. The van der Waals surface area contributed by atoms with Crippen LogP contribution >= 0.6 is 0 Å². The number of sulfonamides is 1. The van der Waals surface area contributed by atoms with Crippen LogP contribution in [0.2, 0.25) is 0 Å². The van der Waals surface area contributed by atoms with Crippen LogP contribution in [0.25, 0.3) is 21.8 Å². The molecular formula is C23H22N4O4S. The highest BCUT2D eigenvalue weighted by molar-refractivity contribution is 7.92. The van der Waals surface area contributed by atoms with E-state index in [4.69, 9.17) is 9.72 Å². The van der Waals surface area contributed by atoms with E-state index in [1.165, 1.54) is 6.92 Å². The second-order valence-electron chi connectivity index (χ2n) is 7.36. The number of pyridine rings is 1. The molecule has 32 heavy (non-hydrogen) atoms. The lowest BCUT2D eigenvalue weighted by Crippen LogP contribution is -2.09. The number of anilines is 4. The van der Waals surface area contributed by atoms with Crippen molar-refractivity contribution in [2.24, 2.45) is 0 Å². The van der Waals surface area contributed by atoms with Crippen LogP contribution in [-0.2, 0) is 14.8 Å². The Morgan fingerprint density at radius 3 is 2.22 bits per heavy atom. The average molecular weight is 451 g/mol. The van der Waals surface area contributed by atoms with Gasteiger partial charge < -0.3 is 15.4 Å². The van der Waals surface area contributed by atoms with Crippen molar-refractivity contribution in [3.8, 4) is 5.75 Å². The summed E-state index contributed by atoms with van der Waals surface area (Å²) in [4.78, 5) is 16.2. The van der Waals surface area contributed by atoms with Gasteiger partial charge in [0.15, 0.2) is 0 Å². The van der Waals surface area contributed by atoms with Gasteiger partial charge in [0.2, 0.25) is 15.9 Å². The fourth-order valence-corrected chi connectivity index (χ4v) is 4.01. The first kappa shape index (κ1) is 21.4. The van der Waals surface area contributed by atoms with Crippen molar-refractivity contribution in [3.05, 3.63) is 60.7 Å². The summed E-state index contributed by atoms with van der Waals surface area (Å²) in [6.07, 6.45) is 1.11. The SMILES string of the molecule is COc1ccc2nc3cc(NC(C)=O)ccc3c(Nc3ccc(NS(C)(=O)=O)cc3)c2c1. The zero-order valence-electron chi connectivity index (χ0n) is 17.8. The van der Waals surface area contributed by atoms with Gasteiger partial charge in [-0.1, -0.05) is 0 Å². The average Bonchev–Trinajstić information content (AvgIpc) is 2.73. The summed E-state index contributed by atoms with van der Waals surface area (Å²) in [6, 6.07) is 18.1. The Labute approximate surface area is 185 Å². The Balaban J connectivity index is 1.83. The third kappa shape index (κ3) is 4.73. The first-order chi connectivity index (χ1) is 15.2. The number of nitrogens with one attached hydrogen (secondary N) is 3. The molecule has 0 spiro atoms. The number of methoxy groups -OCH3 is 1. The standard InChI is InChI=1S/C23H22N4O4S/c1-14(28)24-17-8-10-19-22(12-17)26-21-11-9-18(31-2)13-20(21)23(19)25-15-4-6-16(7-5-15)27-32(3,29)30/h4-13,27H,1-3H3,(H,24,28)(H,25,26). The molecule has 0 radical (unpaired) electrons. The van der Waals surface area contributed by atoms with Gasteiger partial charge >= 0.3 is 0 Å². The molecule has 3 N–H and O–H groups in total. The van der Waals surface area contributed by atoms with E-state index in [0.717, 1.165) is 33.9 Å². The molecule has 0 atom stereocenters. The number of carbonyl (C=O) groups is 1. The van der Waals surface area contributed by atoms with Gasteiger partial charge in [-0.05, 0) is 60.7 Å². The fourth-order valence-electron chi connectivity index (χ4n) is 3.45. The van der Waals surface area contributed by atoms with Gasteiger partial charge in [-0.25, -0.2) is 13.4 Å². The maximum absolute atomic E-state index is 11.5. The van der Waals surface area contributed by atoms with E-state index in [1.54, 1.807) is 31.4 Å². The molecule has 4 rings (SSSR count). The summed E-state index contributed by atoms with van der Waals surface area (Å²) in [7, 11) is -1.74. The van der Waals surface area contributed by atoms with E-state index in [-0.39, 0.29) is 5.91 Å². The molecule has 1 aromatic heterocycles. The summed E-state index contributed by atoms with van der Waals surface area (Å²) < 4.78 is 30.8. The van der Waals surface area contributed by atoms with Crippen LogP contribution in [0.3, 0.4) is 0 Å². The lowest BCUT2D eigenvalue weighted by atomic mass is 10.1. The largest absolute Gasteiger partial charge is 0.497 e. The Morgan fingerprint density at radius 1 is 0.875 bits per heavy atom. The number of amides is 1. The highest BCUT2D eigenvalue weighted by atomic mass is 32.2. The molecule has 4 aromatic rings. The van der Waals surface area contributed by atoms with E-state index in [9.17, 15) is 13.2 Å². The molecule has 9 heteroatoms. The quantitative estimate of drug-likeness (QED) is 0.374. The first-order valence-corrected chi connectivity index (χ1v) is 11.6. The number of carbonyl (C=O) groups excluding carboxylic acids is 1. The normalized spacial score (nSPS) is 11.3. The number of aromatic nitrogens is 1. The summed E-state index contributed by atoms with van der Waals surface area (Å²) in [5.74, 6) is 0.542. The van der Waals surface area contributed by atoms with Crippen LogP contribution in [0, 0.1) is 0 Å². The summed E-state index contributed by atoms with van der Waals surface area (Å²) >= 11 is 0. The van der Waals surface area contributed by atoms with E-state index < -0.39 is 10.0 Å². The Hall–Kier alpha value is -3.85. The number of nitrogens with zero attached hydrogens (tertiary/aromatic N) is 1. The molecule has 164 valence electrons. The molecule has 0 saturated heterocycles. The van der Waals surface area contributed by atoms with Crippen molar-refractivity contribution in [1.29, 1.82) is 0 Å². The van der Waals surface area contributed by atoms with E-state index in [2.05, 4.69) is 15.4 Å². The van der Waals surface area contributed by atoms with Crippen LogP contribution in [-0.4, -0.2) is 32.7 Å². The molecule has 8 nitrogen and oxygen atoms in total. The molecule has 0 aliphatic rings. The zero-order chi connectivity index (χ0) is 22.9. The maximum atomic E-state index is 11.5. The smallest absolute Gasteiger partial charge is 0.229 e. The fraction of sp³-hybridized carbons (Fsp3) is 0.130. The molecular weight excluding hydrogens is 428 g/mol. The van der Waals surface area contributed by atoms with E-state index in [0.29, 0.717) is 22.6 Å². The molecule has 0 bridgehead atoms. The van der Waals surface area contributed by atoms with Crippen molar-refractivity contribution < 1.29 is 17.9 Å². The predicted molar refractivity (Wildman–Crippen MR) is 128 cm³/mol. The molecule has 0 saturated carbocycles. The molecule has 0 aliphatic heterocycles. The Morgan fingerprint density at radius 2 is 1.56 bits per heavy atom. The van der Waals surface area contributed by atoms with Crippen molar-refractivity contribution in [2.45, 2.75) is 6.92 Å². The van der Waals surface area contributed by atoms with Crippen molar-refractivity contribution in [2.75, 3.05) is 28.7 Å². The van der Waals surface area contributed by atoms with Crippen LogP contribution in [0.15, 0.2) is 60.7 Å². The topological polar surface area (TPSA) is 109 Å². The second kappa shape index (κ2) is 8.35. The number of ether oxygens (including phenoxy) is 1. The van der Waals surface area contributed by atoms with Crippen molar-refractivity contribution in [3.63, 3.8) is 0 Å². The van der Waals surface area contributed by atoms with Crippen LogP contribution in [0.5, 0.6) is 5.75 Å². The Bertz CT molecular complexity index is 1430. The van der Waals surface area contributed by atoms with Gasteiger partial charge in [0.05, 0.1) is 30.1 Å². The van der Waals surface area contributed by atoms with Crippen molar-refractivity contribution >= 4 is 60.5 Å². The molecule has 1 heterocycles. The summed E-state index contributed by atoms with van der Waals surface area (Å²) in [5, 5.41) is 7.94. The number of hydrogen-bond donors (Lipinski definition) is 3. The third-order valence-electron chi connectivity index (χ3n) is 4.76. The minimum atomic E-state index is -3.35. The number of hydrogen-bond acceptors (Lipinski definition) is 6. The number of benzene rings is 3. The van der Waals surface area contributed by atoms with Gasteiger partial charge in [0.1, 0.15) is 5.75 Å². The monoisotopic (exact) mass is 450 g/mol. The van der Waals surface area contributed by atoms with Gasteiger partial charge in [-0.3, -0.25) is 9.52 Å². The molecule has 0 aliphatic carbocycles. The highest BCUT2D eigenvalue weighted by Crippen LogP contribution is 2.36. The predicted octanol–water partition coefficient (Wildman–Crippen LogP) is 4.47. The highest BCUT2D eigenvalue weighted by Gasteiger charge is 2.12. The van der Waals surface area contributed by atoms with Crippen LogP contribution < -0.4 is 20.1 Å². The zero-order valence-corrected chi connectivity index (χ0v) is 18.6. The maximum Gasteiger partial charge on any atom is 0.229 e. The number of fused-ring (bicyclic) bond motifs is 2. The summed E-state index contributed by atoms with van der Waals surface area (Å²) in [5.41, 5.74) is 4.20.